The molecule has 9 nitrogen and oxygen atoms in total. The minimum absolute atomic E-state index is 0.00249. The topological polar surface area (TPSA) is 114 Å². The summed E-state index contributed by atoms with van der Waals surface area (Å²) in [5.74, 6) is 0.227. The number of para-hydroxylation sites is 1. The second-order valence-corrected chi connectivity index (χ2v) is 9.57. The molecule has 0 aliphatic carbocycles. The van der Waals surface area contributed by atoms with E-state index in [1.807, 2.05) is 24.3 Å². The number of methoxy groups -OCH3 is 1. The van der Waals surface area contributed by atoms with Crippen LogP contribution in [0, 0.1) is 5.92 Å². The Morgan fingerprint density at radius 1 is 1.00 bits per heavy atom. The molecule has 1 aliphatic heterocycles. The Bertz CT molecular complexity index is 1220. The average molecular weight is 508 g/mol. The van der Waals surface area contributed by atoms with Gasteiger partial charge in [-0.05, 0) is 61.1 Å². The lowest BCUT2D eigenvalue weighted by molar-refractivity contribution is -0.117. The molecular weight excluding hydrogens is 478 g/mol. The lowest BCUT2D eigenvalue weighted by Crippen LogP contribution is -2.39. The van der Waals surface area contributed by atoms with Crippen molar-refractivity contribution in [3.8, 4) is 5.75 Å². The highest BCUT2D eigenvalue weighted by Crippen LogP contribution is 2.24. The zero-order chi connectivity index (χ0) is 25.5. The zero-order valence-corrected chi connectivity index (χ0v) is 21.1. The van der Waals surface area contributed by atoms with Crippen LogP contribution in [0.4, 0.5) is 11.4 Å². The van der Waals surface area contributed by atoms with Crippen molar-refractivity contribution >= 4 is 40.4 Å². The van der Waals surface area contributed by atoms with Crippen molar-refractivity contribution < 1.29 is 19.1 Å². The molecule has 0 unspecified atom stereocenters. The van der Waals surface area contributed by atoms with E-state index in [4.69, 9.17) is 4.74 Å². The molecule has 0 spiro atoms. The average Bonchev–Trinajstić information content (AvgIpc) is 3.40. The highest BCUT2D eigenvalue weighted by atomic mass is 32.1. The van der Waals surface area contributed by atoms with Crippen LogP contribution in [0.25, 0.3) is 0 Å². The number of rotatable bonds is 8. The Morgan fingerprint density at radius 2 is 1.69 bits per heavy atom. The van der Waals surface area contributed by atoms with Crippen LogP contribution in [0.15, 0.2) is 48.5 Å². The Balaban J connectivity index is 1.26. The fourth-order valence-electron chi connectivity index (χ4n) is 4.15. The van der Waals surface area contributed by atoms with Gasteiger partial charge in [0.05, 0.1) is 7.11 Å². The molecule has 3 amide bonds. The number of benzene rings is 2. The first-order valence-electron chi connectivity index (χ1n) is 11.9. The molecule has 36 heavy (non-hydrogen) atoms. The number of carbonyl (C=O) groups is 3. The van der Waals surface area contributed by atoms with Crippen molar-refractivity contribution in [2.24, 2.45) is 5.92 Å². The molecular formula is C26H29N5O4S. The molecule has 3 aromatic rings. The molecule has 0 atom stereocenters. The summed E-state index contributed by atoms with van der Waals surface area (Å²) in [5.41, 5.74) is 2.56. The first-order valence-corrected chi connectivity index (χ1v) is 12.7. The molecule has 2 aromatic carbocycles. The number of hydrogen-bond donors (Lipinski definition) is 2. The van der Waals surface area contributed by atoms with Crippen LogP contribution < -0.4 is 15.4 Å². The summed E-state index contributed by atoms with van der Waals surface area (Å²) >= 11 is 0.971. The van der Waals surface area contributed by atoms with Crippen LogP contribution in [0.2, 0.25) is 0 Å². The highest BCUT2D eigenvalue weighted by Gasteiger charge is 2.28. The van der Waals surface area contributed by atoms with E-state index in [9.17, 15) is 14.4 Å². The van der Waals surface area contributed by atoms with Gasteiger partial charge in [-0.15, -0.1) is 10.2 Å². The maximum Gasteiger partial charge on any atom is 0.286 e. The van der Waals surface area contributed by atoms with E-state index in [1.54, 1.807) is 36.3 Å². The van der Waals surface area contributed by atoms with Crippen molar-refractivity contribution in [3.63, 3.8) is 0 Å². The van der Waals surface area contributed by atoms with Crippen LogP contribution in [0.3, 0.4) is 0 Å². The predicted octanol–water partition coefficient (Wildman–Crippen LogP) is 4.24. The number of hydrogen-bond acceptors (Lipinski definition) is 7. The summed E-state index contributed by atoms with van der Waals surface area (Å²) in [6, 6.07) is 14.7. The van der Waals surface area contributed by atoms with Crippen molar-refractivity contribution in [3.05, 3.63) is 64.1 Å². The smallest absolute Gasteiger partial charge is 0.286 e. The normalized spacial score (nSPS) is 13.8. The molecule has 1 aromatic heterocycles. The van der Waals surface area contributed by atoms with E-state index >= 15 is 0 Å². The molecule has 1 aliphatic rings. The van der Waals surface area contributed by atoms with E-state index in [-0.39, 0.29) is 27.7 Å². The van der Waals surface area contributed by atoms with E-state index in [0.29, 0.717) is 30.9 Å². The Hall–Kier alpha value is -3.79. The lowest BCUT2D eigenvalue weighted by atomic mass is 9.93. The predicted molar refractivity (Wildman–Crippen MR) is 139 cm³/mol. The third-order valence-electron chi connectivity index (χ3n) is 6.20. The minimum Gasteiger partial charge on any atom is -0.497 e. The van der Waals surface area contributed by atoms with Crippen LogP contribution >= 0.6 is 11.3 Å². The van der Waals surface area contributed by atoms with Gasteiger partial charge in [-0.1, -0.05) is 36.5 Å². The van der Waals surface area contributed by atoms with Crippen LogP contribution in [0.5, 0.6) is 5.75 Å². The van der Waals surface area contributed by atoms with Crippen LogP contribution in [-0.4, -0.2) is 53.0 Å². The fourth-order valence-corrected chi connectivity index (χ4v) is 4.86. The fraction of sp³-hybridized carbons (Fsp3) is 0.346. The molecule has 4 rings (SSSR count). The molecule has 2 N–H and O–H groups in total. The SMILES string of the molecule is CCc1ccccc1NC(=O)CC1CCN(C(=O)c2nnc(C(=O)Nc3ccc(OC)cc3)s2)CC1. The molecule has 2 heterocycles. The first-order chi connectivity index (χ1) is 17.5. The lowest BCUT2D eigenvalue weighted by Gasteiger charge is -2.31. The Morgan fingerprint density at radius 3 is 2.39 bits per heavy atom. The van der Waals surface area contributed by atoms with Gasteiger partial charge < -0.3 is 20.3 Å². The molecule has 0 saturated carbocycles. The van der Waals surface area contributed by atoms with E-state index in [0.717, 1.165) is 41.9 Å². The standard InChI is InChI=1S/C26H29N5O4S/c1-3-18-6-4-5-7-21(18)28-22(32)16-17-12-14-31(15-13-17)26(34)25-30-29-24(36-25)23(33)27-19-8-10-20(35-2)11-9-19/h4-11,17H,3,12-16H2,1-2H3,(H,27,33)(H,28,32). The largest absolute Gasteiger partial charge is 0.497 e. The molecule has 1 saturated heterocycles. The summed E-state index contributed by atoms with van der Waals surface area (Å²) in [6.07, 6.45) is 2.75. The third-order valence-corrected chi connectivity index (χ3v) is 7.11. The van der Waals surface area contributed by atoms with Crippen molar-refractivity contribution in [1.82, 2.24) is 15.1 Å². The summed E-state index contributed by atoms with van der Waals surface area (Å²) < 4.78 is 5.11. The second-order valence-electron chi connectivity index (χ2n) is 8.59. The number of carbonyl (C=O) groups excluding carboxylic acids is 3. The Labute approximate surface area is 213 Å². The molecule has 0 bridgehead atoms. The number of amides is 3. The monoisotopic (exact) mass is 507 g/mol. The number of anilines is 2. The number of likely N-dealkylation sites (tertiary alicyclic amines) is 1. The van der Waals surface area contributed by atoms with Gasteiger partial charge in [0, 0.05) is 30.9 Å². The van der Waals surface area contributed by atoms with Gasteiger partial charge in [-0.2, -0.15) is 0 Å². The van der Waals surface area contributed by atoms with Crippen molar-refractivity contribution in [2.45, 2.75) is 32.6 Å². The van der Waals surface area contributed by atoms with Gasteiger partial charge in [0.2, 0.25) is 15.9 Å². The van der Waals surface area contributed by atoms with Gasteiger partial charge in [0.25, 0.3) is 11.8 Å². The third kappa shape index (κ3) is 6.25. The van der Waals surface area contributed by atoms with E-state index in [1.165, 1.54) is 0 Å². The zero-order valence-electron chi connectivity index (χ0n) is 20.3. The van der Waals surface area contributed by atoms with Crippen molar-refractivity contribution in [1.29, 1.82) is 0 Å². The summed E-state index contributed by atoms with van der Waals surface area (Å²) in [7, 11) is 1.57. The van der Waals surface area contributed by atoms with Crippen LogP contribution in [0.1, 0.15) is 51.4 Å². The Kier molecular flexibility index (Phi) is 8.27. The molecule has 1 fully saturated rings. The highest BCUT2D eigenvalue weighted by molar-refractivity contribution is 7.15. The van der Waals surface area contributed by atoms with Gasteiger partial charge in [-0.25, -0.2) is 0 Å². The van der Waals surface area contributed by atoms with E-state index < -0.39 is 5.91 Å². The van der Waals surface area contributed by atoms with Crippen LogP contribution in [-0.2, 0) is 11.2 Å². The number of aromatic nitrogens is 2. The van der Waals surface area contributed by atoms with Gasteiger partial charge in [0.15, 0.2) is 0 Å². The molecule has 0 radical (unpaired) electrons. The van der Waals surface area contributed by atoms with Gasteiger partial charge >= 0.3 is 0 Å². The number of nitrogens with zero attached hydrogens (tertiary/aromatic N) is 3. The summed E-state index contributed by atoms with van der Waals surface area (Å²) in [5, 5.41) is 13.9. The maximum absolute atomic E-state index is 12.9. The van der Waals surface area contributed by atoms with Gasteiger partial charge in [-0.3, -0.25) is 14.4 Å². The minimum atomic E-state index is -0.425. The number of piperidine rings is 1. The summed E-state index contributed by atoms with van der Waals surface area (Å²) in [6.45, 7) is 3.14. The first kappa shape index (κ1) is 25.3. The number of ether oxygens (including phenoxy) is 1. The van der Waals surface area contributed by atoms with E-state index in [2.05, 4.69) is 27.8 Å². The summed E-state index contributed by atoms with van der Waals surface area (Å²) in [4.78, 5) is 39.7. The van der Waals surface area contributed by atoms with Crippen molar-refractivity contribution in [2.75, 3.05) is 30.8 Å². The maximum atomic E-state index is 12.9. The second kappa shape index (κ2) is 11.8. The molecule has 10 heteroatoms. The van der Waals surface area contributed by atoms with Gasteiger partial charge in [0.1, 0.15) is 5.75 Å². The number of nitrogens with one attached hydrogen (secondary N) is 2. The quantitative estimate of drug-likeness (QED) is 0.471. The molecule has 188 valence electrons. The number of aryl methyl sites for hydroxylation is 1.